The number of halogens is 1. The van der Waals surface area contributed by atoms with E-state index in [-0.39, 0.29) is 5.82 Å². The van der Waals surface area contributed by atoms with Crippen LogP contribution in [0.3, 0.4) is 0 Å². The van der Waals surface area contributed by atoms with E-state index in [9.17, 15) is 14.3 Å². The molecule has 0 saturated heterocycles. The van der Waals surface area contributed by atoms with Crippen molar-refractivity contribution in [1.82, 2.24) is 9.88 Å². The van der Waals surface area contributed by atoms with Crippen molar-refractivity contribution in [2.24, 2.45) is 0 Å². The molecule has 152 valence electrons. The number of hydrogen-bond acceptors (Lipinski definition) is 2. The zero-order chi connectivity index (χ0) is 21.1. The van der Waals surface area contributed by atoms with Crippen LogP contribution in [0.2, 0.25) is 0 Å². The van der Waals surface area contributed by atoms with Gasteiger partial charge in [0.25, 0.3) is 0 Å². The van der Waals surface area contributed by atoms with Gasteiger partial charge in [0.1, 0.15) is 11.5 Å². The van der Waals surface area contributed by atoms with Gasteiger partial charge in [-0.05, 0) is 41.8 Å². The van der Waals surface area contributed by atoms with E-state index in [0.717, 1.165) is 33.2 Å². The van der Waals surface area contributed by atoms with Crippen LogP contribution in [0.25, 0.3) is 10.9 Å². The molecule has 0 aliphatic heterocycles. The van der Waals surface area contributed by atoms with Gasteiger partial charge in [0, 0.05) is 36.1 Å². The van der Waals surface area contributed by atoms with Crippen molar-refractivity contribution in [3.63, 3.8) is 0 Å². The molecule has 1 heterocycles. The molecule has 4 aromatic rings. The topological polar surface area (TPSA) is 54.3 Å². The molecule has 0 radical (unpaired) electrons. The summed E-state index contributed by atoms with van der Waals surface area (Å²) in [7, 11) is 0. The smallest absolute Gasteiger partial charge is 0.352 e. The van der Waals surface area contributed by atoms with Crippen molar-refractivity contribution in [2.45, 2.75) is 26.6 Å². The number of carboxylic acid groups (broad SMARTS) is 1. The van der Waals surface area contributed by atoms with Crippen LogP contribution in [0, 0.1) is 12.7 Å². The highest BCUT2D eigenvalue weighted by atomic mass is 19.1. The number of carboxylic acids is 1. The van der Waals surface area contributed by atoms with Crippen LogP contribution >= 0.6 is 0 Å². The number of rotatable bonds is 7. The molecule has 0 saturated carbocycles. The lowest BCUT2D eigenvalue weighted by Crippen LogP contribution is -2.17. The van der Waals surface area contributed by atoms with Crippen LogP contribution in [0.5, 0.6) is 0 Å². The number of fused-ring (bicyclic) bond motifs is 1. The maximum Gasteiger partial charge on any atom is 0.352 e. The van der Waals surface area contributed by atoms with Gasteiger partial charge in [0.2, 0.25) is 0 Å². The Kier molecular flexibility index (Phi) is 5.63. The van der Waals surface area contributed by atoms with E-state index in [1.165, 1.54) is 12.1 Å². The first-order valence-electron chi connectivity index (χ1n) is 9.87. The minimum Gasteiger partial charge on any atom is -0.477 e. The first-order chi connectivity index (χ1) is 14.5. The summed E-state index contributed by atoms with van der Waals surface area (Å²) in [6.45, 7) is 3.42. The monoisotopic (exact) mass is 402 g/mol. The summed E-state index contributed by atoms with van der Waals surface area (Å²) in [5, 5.41) is 14.3. The van der Waals surface area contributed by atoms with Crippen molar-refractivity contribution >= 4 is 16.9 Å². The molecule has 4 nitrogen and oxygen atoms in total. The molecule has 0 atom stereocenters. The second-order valence-corrected chi connectivity index (χ2v) is 7.45. The number of hydrogen-bond donors (Lipinski definition) is 2. The summed E-state index contributed by atoms with van der Waals surface area (Å²) in [6, 6.07) is 22.2. The molecule has 4 rings (SSSR count). The van der Waals surface area contributed by atoms with Crippen molar-refractivity contribution in [2.75, 3.05) is 0 Å². The maximum absolute atomic E-state index is 13.1. The lowest BCUT2D eigenvalue weighted by molar-refractivity contribution is 0.0684. The summed E-state index contributed by atoms with van der Waals surface area (Å²) in [5.74, 6) is -1.22. The molecule has 0 bridgehead atoms. The molecule has 0 fully saturated rings. The minimum absolute atomic E-state index is 0.272. The number of aromatic nitrogens is 1. The zero-order valence-corrected chi connectivity index (χ0v) is 16.7. The van der Waals surface area contributed by atoms with Crippen molar-refractivity contribution < 1.29 is 14.3 Å². The highest BCUT2D eigenvalue weighted by Gasteiger charge is 2.22. The van der Waals surface area contributed by atoms with Gasteiger partial charge in [-0.15, -0.1) is 0 Å². The second kappa shape index (κ2) is 8.51. The van der Waals surface area contributed by atoms with Crippen LogP contribution in [0.15, 0.2) is 72.8 Å². The average molecular weight is 402 g/mol. The highest BCUT2D eigenvalue weighted by Crippen LogP contribution is 2.28. The summed E-state index contributed by atoms with van der Waals surface area (Å²) < 4.78 is 15.0. The normalized spacial score (nSPS) is 11.1. The van der Waals surface area contributed by atoms with E-state index in [1.54, 1.807) is 12.1 Å². The molecule has 0 aliphatic carbocycles. The molecule has 2 N–H and O–H groups in total. The SMILES string of the molecule is Cc1ccc2c(CNCc3ccc(F)cc3)c(C(=O)O)n(Cc3ccccc3)c2c1. The lowest BCUT2D eigenvalue weighted by Gasteiger charge is -2.10. The Morgan fingerprint density at radius 2 is 1.70 bits per heavy atom. The third-order valence-electron chi connectivity index (χ3n) is 5.26. The first-order valence-corrected chi connectivity index (χ1v) is 9.87. The van der Waals surface area contributed by atoms with E-state index < -0.39 is 5.97 Å². The van der Waals surface area contributed by atoms with Gasteiger partial charge in [0.05, 0.1) is 0 Å². The fraction of sp³-hybridized carbons (Fsp3) is 0.160. The van der Waals surface area contributed by atoms with Gasteiger partial charge in [-0.2, -0.15) is 0 Å². The van der Waals surface area contributed by atoms with Crippen LogP contribution in [0.1, 0.15) is 32.7 Å². The fourth-order valence-corrected chi connectivity index (χ4v) is 3.82. The van der Waals surface area contributed by atoms with E-state index in [2.05, 4.69) is 5.32 Å². The van der Waals surface area contributed by atoms with Crippen LogP contribution < -0.4 is 5.32 Å². The molecule has 5 heteroatoms. The van der Waals surface area contributed by atoms with Gasteiger partial charge in [-0.1, -0.05) is 54.6 Å². The number of nitrogens with zero attached hydrogens (tertiary/aromatic N) is 1. The lowest BCUT2D eigenvalue weighted by atomic mass is 10.1. The molecular formula is C25H23FN2O2. The van der Waals surface area contributed by atoms with Gasteiger partial charge >= 0.3 is 5.97 Å². The standard InChI is InChI=1S/C25H23FN2O2/c1-17-7-12-21-22(15-27-14-18-8-10-20(26)11-9-18)24(25(29)30)28(23(21)13-17)16-19-5-3-2-4-6-19/h2-13,27H,14-16H2,1H3,(H,29,30). The van der Waals surface area contributed by atoms with Crippen molar-refractivity contribution in [3.8, 4) is 0 Å². The Labute approximate surface area is 174 Å². The highest BCUT2D eigenvalue weighted by molar-refractivity contribution is 5.98. The Morgan fingerprint density at radius 1 is 0.967 bits per heavy atom. The first kappa shape index (κ1) is 19.9. The van der Waals surface area contributed by atoms with E-state index in [1.807, 2.05) is 60.0 Å². The van der Waals surface area contributed by atoms with E-state index in [4.69, 9.17) is 0 Å². The summed E-state index contributed by atoms with van der Waals surface area (Å²) >= 11 is 0. The third-order valence-corrected chi connectivity index (χ3v) is 5.26. The molecule has 1 aromatic heterocycles. The number of benzene rings is 3. The van der Waals surface area contributed by atoms with E-state index >= 15 is 0 Å². The molecule has 30 heavy (non-hydrogen) atoms. The van der Waals surface area contributed by atoms with Crippen LogP contribution in [0.4, 0.5) is 4.39 Å². The quantitative estimate of drug-likeness (QED) is 0.451. The van der Waals surface area contributed by atoms with Crippen LogP contribution in [-0.2, 0) is 19.6 Å². The predicted molar refractivity (Wildman–Crippen MR) is 116 cm³/mol. The van der Waals surface area contributed by atoms with Gasteiger partial charge in [-0.3, -0.25) is 0 Å². The fourth-order valence-electron chi connectivity index (χ4n) is 3.82. The minimum atomic E-state index is -0.946. The maximum atomic E-state index is 13.1. The number of carbonyl (C=O) groups is 1. The summed E-state index contributed by atoms with van der Waals surface area (Å²) in [4.78, 5) is 12.3. The molecule has 0 spiro atoms. The Bertz CT molecular complexity index is 1180. The van der Waals surface area contributed by atoms with Crippen molar-refractivity contribution in [3.05, 3.63) is 107 Å². The zero-order valence-electron chi connectivity index (χ0n) is 16.7. The molecular weight excluding hydrogens is 379 g/mol. The number of nitrogens with one attached hydrogen (secondary N) is 1. The van der Waals surface area contributed by atoms with Crippen LogP contribution in [-0.4, -0.2) is 15.6 Å². The van der Waals surface area contributed by atoms with Gasteiger partial charge in [0.15, 0.2) is 0 Å². The summed E-state index contributed by atoms with van der Waals surface area (Å²) in [6.07, 6.45) is 0. The van der Waals surface area contributed by atoms with Gasteiger partial charge in [-0.25, -0.2) is 9.18 Å². The Hall–Kier alpha value is -3.44. The van der Waals surface area contributed by atoms with Gasteiger partial charge < -0.3 is 15.0 Å². The third kappa shape index (κ3) is 4.11. The molecule has 3 aromatic carbocycles. The summed E-state index contributed by atoms with van der Waals surface area (Å²) in [5.41, 5.74) is 5.04. The molecule has 0 amide bonds. The van der Waals surface area contributed by atoms with Crippen molar-refractivity contribution in [1.29, 1.82) is 0 Å². The number of aromatic carboxylic acids is 1. The Balaban J connectivity index is 1.71. The average Bonchev–Trinajstić information content (AvgIpc) is 3.03. The van der Waals surface area contributed by atoms with E-state index in [0.29, 0.717) is 25.3 Å². The number of aryl methyl sites for hydroxylation is 1. The predicted octanol–water partition coefficient (Wildman–Crippen LogP) is 5.13. The second-order valence-electron chi connectivity index (χ2n) is 7.45. The Morgan fingerprint density at radius 3 is 2.40 bits per heavy atom. The largest absolute Gasteiger partial charge is 0.477 e. The molecule has 0 unspecified atom stereocenters. The molecule has 0 aliphatic rings.